The van der Waals surface area contributed by atoms with Gasteiger partial charge in [0.25, 0.3) is 0 Å². The van der Waals surface area contributed by atoms with Crippen LogP contribution in [-0.4, -0.2) is 175 Å². The third kappa shape index (κ3) is 21.3. The summed E-state index contributed by atoms with van der Waals surface area (Å²) in [5.74, 6) is -4.95. The molecule has 6 heterocycles. The summed E-state index contributed by atoms with van der Waals surface area (Å²) >= 11 is 0. The fourth-order valence-electron chi connectivity index (χ4n) is 16.8. The number of hydrogen-bond donors (Lipinski definition) is 3. The van der Waals surface area contributed by atoms with Crippen LogP contribution in [0.4, 0.5) is 0 Å². The molecular weight excluding hydrogens is 1100 g/mol. The van der Waals surface area contributed by atoms with Gasteiger partial charge in [-0.25, -0.2) is 0 Å². The second kappa shape index (κ2) is 26.3. The number of carbonyl (C=O) groups excluding carboxylic acids is 6. The third-order valence-corrected chi connectivity index (χ3v) is 20.3. The molecule has 6 rings (SSSR count). The maximum Gasteiger partial charge on any atom is 0.310 e. The molecule has 18 nitrogen and oxygen atoms in total. The minimum absolute atomic E-state index is 0.155. The van der Waals surface area contributed by atoms with Gasteiger partial charge in [-0.15, -0.1) is 0 Å². The van der Waals surface area contributed by atoms with E-state index >= 15 is 0 Å². The Balaban J connectivity index is 0.000000318. The molecule has 87 heavy (non-hydrogen) atoms. The predicted molar refractivity (Wildman–Crippen MR) is 342 cm³/mol. The zero-order chi connectivity index (χ0) is 66.5. The molecule has 0 aromatic carbocycles. The molecule has 6 saturated heterocycles. The minimum Gasteiger partial charge on any atom is -0.462 e. The average molecular weight is 1230 g/mol. The van der Waals surface area contributed by atoms with Crippen molar-refractivity contribution in [1.29, 1.82) is 0 Å². The van der Waals surface area contributed by atoms with Crippen molar-refractivity contribution in [2.24, 2.45) is 11.8 Å². The lowest BCUT2D eigenvalue weighted by Crippen LogP contribution is -2.60. The number of likely N-dealkylation sites (tertiary alicyclic amines) is 3. The van der Waals surface area contributed by atoms with E-state index in [0.717, 1.165) is 0 Å². The van der Waals surface area contributed by atoms with Crippen molar-refractivity contribution in [2.75, 3.05) is 21.1 Å². The standard InChI is InChI=1S/C36H65N3O6.C33H59N3O6/c1-31(2)18-25(19-32(3,4)37(31)13)43-28(40)16-24(30(42)45-27-22-35(9,10)39(15)36(11,12)23-27)17-29(41)44-26-20-33(5,6)38(14)34(7,8)21-26;1-28(2)15-22(16-29(3,4)34-28)40-25(37)13-21(27(39)42-24-19-32(9,10)36-33(11,12)20-24)14-26(38)41-23-17-30(5,6)35-31(7,8)18-23/h24-27H,16-23H2,1-15H3;21-24,34-36H,13-20H2,1-12H3. The second-order valence-electron chi connectivity index (χ2n) is 35.5. The molecule has 0 unspecified atom stereocenters. The maximum atomic E-state index is 13.8. The zero-order valence-corrected chi connectivity index (χ0v) is 59.7. The fraction of sp³-hybridized carbons (Fsp3) is 0.913. The molecule has 0 bridgehead atoms. The van der Waals surface area contributed by atoms with Crippen molar-refractivity contribution in [3.8, 4) is 0 Å². The molecule has 0 aromatic heterocycles. The van der Waals surface area contributed by atoms with E-state index in [9.17, 15) is 28.8 Å². The zero-order valence-electron chi connectivity index (χ0n) is 59.7. The topological polar surface area (TPSA) is 204 Å². The molecule has 0 atom stereocenters. The van der Waals surface area contributed by atoms with E-state index in [1.165, 1.54) is 0 Å². The predicted octanol–water partition coefficient (Wildman–Crippen LogP) is 10.9. The van der Waals surface area contributed by atoms with Crippen LogP contribution in [0.2, 0.25) is 0 Å². The number of nitrogens with one attached hydrogen (secondary N) is 3. The van der Waals surface area contributed by atoms with Crippen molar-refractivity contribution in [2.45, 2.75) is 372 Å². The minimum atomic E-state index is -0.976. The molecule has 0 aliphatic carbocycles. The molecule has 0 amide bonds. The Morgan fingerprint density at radius 3 is 0.621 bits per heavy atom. The van der Waals surface area contributed by atoms with Crippen LogP contribution in [-0.2, 0) is 57.2 Å². The van der Waals surface area contributed by atoms with E-state index in [1.54, 1.807) is 0 Å². The summed E-state index contributed by atoms with van der Waals surface area (Å²) in [6.45, 7) is 50.9. The lowest BCUT2D eigenvalue weighted by Gasteiger charge is -2.53. The highest BCUT2D eigenvalue weighted by atomic mass is 16.6. The Hall–Kier alpha value is -3.42. The van der Waals surface area contributed by atoms with Crippen LogP contribution in [0.15, 0.2) is 0 Å². The number of esters is 6. The summed E-state index contributed by atoms with van der Waals surface area (Å²) in [6, 6.07) is 0. The van der Waals surface area contributed by atoms with Gasteiger partial charge in [0, 0.05) is 144 Å². The smallest absolute Gasteiger partial charge is 0.310 e. The van der Waals surface area contributed by atoms with Gasteiger partial charge in [0.15, 0.2) is 0 Å². The van der Waals surface area contributed by atoms with Crippen molar-refractivity contribution < 1.29 is 57.2 Å². The molecule has 6 fully saturated rings. The van der Waals surface area contributed by atoms with E-state index in [1.807, 2.05) is 0 Å². The number of nitrogens with zero attached hydrogens (tertiary/aromatic N) is 3. The molecule has 3 N–H and O–H groups in total. The van der Waals surface area contributed by atoms with Crippen LogP contribution in [0, 0.1) is 11.8 Å². The van der Waals surface area contributed by atoms with E-state index in [4.69, 9.17) is 28.4 Å². The molecule has 6 aliphatic heterocycles. The Labute approximate surface area is 526 Å². The van der Waals surface area contributed by atoms with Gasteiger partial charge in [-0.3, -0.25) is 43.5 Å². The van der Waals surface area contributed by atoms with Crippen molar-refractivity contribution >= 4 is 35.8 Å². The molecule has 502 valence electrons. The largest absolute Gasteiger partial charge is 0.462 e. The van der Waals surface area contributed by atoms with Crippen molar-refractivity contribution in [1.82, 2.24) is 30.7 Å². The van der Waals surface area contributed by atoms with Gasteiger partial charge < -0.3 is 44.4 Å². The Morgan fingerprint density at radius 1 is 0.287 bits per heavy atom. The second-order valence-corrected chi connectivity index (χ2v) is 35.5. The third-order valence-electron chi connectivity index (χ3n) is 20.3. The summed E-state index contributed by atoms with van der Waals surface area (Å²) in [5.41, 5.74) is -2.19. The van der Waals surface area contributed by atoms with Gasteiger partial charge >= 0.3 is 35.8 Å². The van der Waals surface area contributed by atoms with E-state index in [0.29, 0.717) is 77.0 Å². The molecule has 0 spiro atoms. The first kappa shape index (κ1) is 74.3. The summed E-state index contributed by atoms with van der Waals surface area (Å²) in [5, 5.41) is 10.8. The first-order chi connectivity index (χ1) is 39.0. The molecule has 18 heteroatoms. The Morgan fingerprint density at radius 2 is 0.437 bits per heavy atom. The highest BCUT2D eigenvalue weighted by Gasteiger charge is 2.50. The van der Waals surface area contributed by atoms with Crippen LogP contribution in [0.3, 0.4) is 0 Å². The van der Waals surface area contributed by atoms with Gasteiger partial charge in [0.2, 0.25) is 0 Å². The Bertz CT molecular complexity index is 2240. The van der Waals surface area contributed by atoms with Crippen LogP contribution < -0.4 is 16.0 Å². The highest BCUT2D eigenvalue weighted by molar-refractivity contribution is 5.85. The first-order valence-corrected chi connectivity index (χ1v) is 32.8. The van der Waals surface area contributed by atoms with Gasteiger partial charge in [-0.05, 0) is 187 Å². The van der Waals surface area contributed by atoms with E-state index in [2.05, 4.69) is 218 Å². The van der Waals surface area contributed by atoms with Crippen molar-refractivity contribution in [3.63, 3.8) is 0 Å². The van der Waals surface area contributed by atoms with Crippen LogP contribution in [0.5, 0.6) is 0 Å². The van der Waals surface area contributed by atoms with E-state index in [-0.39, 0.29) is 129 Å². The number of ether oxygens (including phenoxy) is 6. The summed E-state index contributed by atoms with van der Waals surface area (Å²) in [7, 11) is 6.31. The summed E-state index contributed by atoms with van der Waals surface area (Å²) < 4.78 is 36.0. The summed E-state index contributed by atoms with van der Waals surface area (Å²) in [6.07, 6.45) is 5.41. The normalized spacial score (nSPS) is 27.0. The quantitative estimate of drug-likeness (QED) is 0.0971. The molecular formula is C69H124N6O12. The fourth-order valence-corrected chi connectivity index (χ4v) is 16.8. The van der Waals surface area contributed by atoms with Gasteiger partial charge in [-0.1, -0.05) is 0 Å². The van der Waals surface area contributed by atoms with Gasteiger partial charge in [0.05, 0.1) is 37.5 Å². The molecule has 6 aliphatic rings. The highest BCUT2D eigenvalue weighted by Crippen LogP contribution is 2.43. The molecule has 0 aromatic rings. The number of piperidine rings is 6. The monoisotopic (exact) mass is 1230 g/mol. The van der Waals surface area contributed by atoms with E-state index < -0.39 is 47.7 Å². The van der Waals surface area contributed by atoms with Crippen LogP contribution in [0.1, 0.15) is 269 Å². The lowest BCUT2D eigenvalue weighted by molar-refractivity contribution is -0.174. The van der Waals surface area contributed by atoms with Gasteiger partial charge in [0.1, 0.15) is 36.6 Å². The Kier molecular flexibility index (Phi) is 22.5. The SMILES string of the molecule is CC1(C)CC(OC(=O)CC(CC(=O)OC2CC(C)(C)NC(C)(C)C2)C(=O)OC2CC(C)(C)NC(C)(C)C2)CC(C)(C)N1.CN1C(C)(C)CC(OC(=O)CC(CC(=O)OC2CC(C)(C)N(C)C(C)(C)C2)C(=O)OC2CC(C)(C)N(C)C(C)(C)C2)CC1(C)C. The van der Waals surface area contributed by atoms with Crippen molar-refractivity contribution in [3.05, 3.63) is 0 Å². The maximum absolute atomic E-state index is 13.8. The summed E-state index contributed by atoms with van der Waals surface area (Å²) in [4.78, 5) is 87.8. The first-order valence-electron chi connectivity index (χ1n) is 32.8. The number of carbonyl (C=O) groups is 6. The number of rotatable bonds is 16. The molecule has 0 saturated carbocycles. The average Bonchev–Trinajstić information content (AvgIpc) is 1.09. The van der Waals surface area contributed by atoms with Crippen LogP contribution >= 0.6 is 0 Å². The van der Waals surface area contributed by atoms with Crippen LogP contribution in [0.25, 0.3) is 0 Å². The lowest BCUT2D eigenvalue weighted by atomic mass is 9.78. The number of hydrogen-bond acceptors (Lipinski definition) is 18. The molecule has 0 radical (unpaired) electrons. The van der Waals surface area contributed by atoms with Gasteiger partial charge in [-0.2, -0.15) is 0 Å².